The van der Waals surface area contributed by atoms with Crippen LogP contribution < -0.4 is 0 Å². The Kier molecular flexibility index (Phi) is 5.50. The van der Waals surface area contributed by atoms with Crippen LogP contribution in [0, 0.1) is 0 Å². The predicted octanol–water partition coefficient (Wildman–Crippen LogP) is 4.02. The first-order valence-corrected chi connectivity index (χ1v) is 6.54. The molecule has 0 heterocycles. The Morgan fingerprint density at radius 2 is 1.65 bits per heavy atom. The van der Waals surface area contributed by atoms with E-state index in [2.05, 4.69) is 0 Å². The molecule has 0 aliphatic rings. The molecule has 0 radical (unpaired) electrons. The van der Waals surface area contributed by atoms with Crippen LogP contribution in [-0.4, -0.2) is 29.8 Å². The topological polar surface area (TPSA) is 17.1 Å². The number of rotatable bonds is 7. The van der Waals surface area contributed by atoms with Crippen LogP contribution in [0.5, 0.6) is 0 Å². The van der Waals surface area contributed by atoms with Crippen molar-refractivity contribution in [1.82, 2.24) is 0 Å². The van der Waals surface area contributed by atoms with Gasteiger partial charge in [-0.2, -0.15) is 17.6 Å². The Labute approximate surface area is 115 Å². The van der Waals surface area contributed by atoms with Crippen molar-refractivity contribution in [3.05, 3.63) is 35.9 Å². The van der Waals surface area contributed by atoms with Crippen molar-refractivity contribution in [1.29, 1.82) is 0 Å². The molecule has 20 heavy (non-hydrogen) atoms. The zero-order valence-electron chi connectivity index (χ0n) is 9.96. The normalized spacial score (nSPS) is 12.8. The first kappa shape index (κ1) is 16.9. The standard InChI is InChI=1S/C12H10F6OS/c13-10(14)12(17,18)11(15,16)9(19)7-20-6-8-4-2-1-3-5-8/h1-5,10H,6-7H2. The zero-order chi connectivity index (χ0) is 15.4. The van der Waals surface area contributed by atoms with Crippen LogP contribution in [0.25, 0.3) is 0 Å². The van der Waals surface area contributed by atoms with Crippen LogP contribution in [0.2, 0.25) is 0 Å². The molecule has 0 aliphatic carbocycles. The summed E-state index contributed by atoms with van der Waals surface area (Å²) in [5.74, 6) is -14.1. The molecule has 112 valence electrons. The highest BCUT2D eigenvalue weighted by atomic mass is 32.2. The molecule has 0 N–H and O–H groups in total. The first-order valence-electron chi connectivity index (χ1n) is 5.38. The van der Waals surface area contributed by atoms with Gasteiger partial charge in [0.05, 0.1) is 5.75 Å². The van der Waals surface area contributed by atoms with Crippen molar-refractivity contribution in [2.24, 2.45) is 0 Å². The molecule has 8 heteroatoms. The van der Waals surface area contributed by atoms with Crippen molar-refractivity contribution >= 4 is 17.5 Å². The lowest BCUT2D eigenvalue weighted by atomic mass is 10.1. The van der Waals surface area contributed by atoms with E-state index in [4.69, 9.17) is 0 Å². The lowest BCUT2D eigenvalue weighted by molar-refractivity contribution is -0.252. The maximum Gasteiger partial charge on any atom is 0.376 e. The average molecular weight is 316 g/mol. The van der Waals surface area contributed by atoms with E-state index < -0.39 is 29.8 Å². The van der Waals surface area contributed by atoms with E-state index in [1.54, 1.807) is 30.3 Å². The quantitative estimate of drug-likeness (QED) is 0.707. The van der Waals surface area contributed by atoms with Gasteiger partial charge in [-0.05, 0) is 5.56 Å². The highest BCUT2D eigenvalue weighted by Crippen LogP contribution is 2.40. The number of hydrogen-bond acceptors (Lipinski definition) is 2. The van der Waals surface area contributed by atoms with E-state index in [9.17, 15) is 31.1 Å². The minimum Gasteiger partial charge on any atom is -0.292 e. The van der Waals surface area contributed by atoms with Gasteiger partial charge in [0.2, 0.25) is 5.78 Å². The van der Waals surface area contributed by atoms with E-state index in [0.29, 0.717) is 17.3 Å². The third-order valence-electron chi connectivity index (χ3n) is 2.39. The van der Waals surface area contributed by atoms with Crippen molar-refractivity contribution in [3.63, 3.8) is 0 Å². The summed E-state index contributed by atoms with van der Waals surface area (Å²) in [7, 11) is 0. The molecule has 0 amide bonds. The zero-order valence-corrected chi connectivity index (χ0v) is 10.8. The van der Waals surface area contributed by atoms with Crippen LogP contribution in [0.1, 0.15) is 5.56 Å². The number of halogens is 6. The molecule has 0 bridgehead atoms. The smallest absolute Gasteiger partial charge is 0.292 e. The first-order chi connectivity index (χ1) is 9.19. The number of Topliss-reactive ketones (excluding diaryl/α,β-unsaturated/α-hetero) is 1. The van der Waals surface area contributed by atoms with Gasteiger partial charge in [0, 0.05) is 5.75 Å². The number of carbonyl (C=O) groups is 1. The monoisotopic (exact) mass is 316 g/mol. The van der Waals surface area contributed by atoms with E-state index in [1.165, 1.54) is 0 Å². The Morgan fingerprint density at radius 1 is 1.10 bits per heavy atom. The van der Waals surface area contributed by atoms with E-state index >= 15 is 0 Å². The molecule has 0 saturated heterocycles. The molecule has 0 spiro atoms. The highest BCUT2D eigenvalue weighted by Gasteiger charge is 2.66. The maximum absolute atomic E-state index is 13.0. The number of carbonyl (C=O) groups excluding carboxylic acids is 1. The third-order valence-corrected chi connectivity index (χ3v) is 3.39. The molecular formula is C12H10F6OS. The van der Waals surface area contributed by atoms with Crippen LogP contribution >= 0.6 is 11.8 Å². The molecule has 0 aliphatic heterocycles. The molecule has 0 atom stereocenters. The fourth-order valence-electron chi connectivity index (χ4n) is 1.25. The Morgan fingerprint density at radius 3 is 2.15 bits per heavy atom. The molecule has 1 aromatic rings. The van der Waals surface area contributed by atoms with Gasteiger partial charge in [-0.15, -0.1) is 11.8 Å². The van der Waals surface area contributed by atoms with Crippen molar-refractivity contribution in [3.8, 4) is 0 Å². The number of thioether (sulfide) groups is 1. The Hall–Kier alpha value is -1.18. The minimum absolute atomic E-state index is 0.142. The second kappa shape index (κ2) is 6.51. The van der Waals surface area contributed by atoms with Gasteiger partial charge >= 0.3 is 18.3 Å². The average Bonchev–Trinajstić information content (AvgIpc) is 2.39. The fourth-order valence-corrected chi connectivity index (χ4v) is 2.15. The summed E-state index contributed by atoms with van der Waals surface area (Å²) in [6, 6.07) is 8.39. The van der Waals surface area contributed by atoms with Crippen LogP contribution in [0.15, 0.2) is 30.3 Å². The predicted molar refractivity (Wildman–Crippen MR) is 63.5 cm³/mol. The molecule has 0 aromatic heterocycles. The summed E-state index contributed by atoms with van der Waals surface area (Å²) in [4.78, 5) is 11.0. The molecule has 1 nitrogen and oxygen atoms in total. The van der Waals surface area contributed by atoms with Gasteiger partial charge < -0.3 is 0 Å². The Bertz CT molecular complexity index is 449. The van der Waals surface area contributed by atoms with Gasteiger partial charge in [0.1, 0.15) is 0 Å². The molecule has 0 fully saturated rings. The number of alkyl halides is 6. The minimum atomic E-state index is -5.66. The lowest BCUT2D eigenvalue weighted by Crippen LogP contribution is -2.52. The lowest BCUT2D eigenvalue weighted by Gasteiger charge is -2.24. The molecule has 0 unspecified atom stereocenters. The van der Waals surface area contributed by atoms with Gasteiger partial charge in [0.15, 0.2) is 0 Å². The number of hydrogen-bond donors (Lipinski definition) is 0. The van der Waals surface area contributed by atoms with Crippen LogP contribution in [0.4, 0.5) is 26.3 Å². The van der Waals surface area contributed by atoms with Gasteiger partial charge in [-0.3, -0.25) is 4.79 Å². The molecule has 1 aromatic carbocycles. The molecule has 0 saturated carbocycles. The second-order valence-corrected chi connectivity index (χ2v) is 4.89. The van der Waals surface area contributed by atoms with E-state index in [-0.39, 0.29) is 5.75 Å². The van der Waals surface area contributed by atoms with Gasteiger partial charge in [-0.25, -0.2) is 8.78 Å². The largest absolute Gasteiger partial charge is 0.376 e. The summed E-state index contributed by atoms with van der Waals surface area (Å²) >= 11 is 0.661. The SMILES string of the molecule is O=C(CSCc1ccccc1)C(F)(F)C(F)(F)C(F)F. The van der Waals surface area contributed by atoms with Crippen LogP contribution in [0.3, 0.4) is 0 Å². The van der Waals surface area contributed by atoms with Crippen LogP contribution in [-0.2, 0) is 10.5 Å². The molecule has 1 rings (SSSR count). The van der Waals surface area contributed by atoms with Crippen molar-refractivity contribution in [2.45, 2.75) is 24.0 Å². The second-order valence-electron chi connectivity index (χ2n) is 3.90. The summed E-state index contributed by atoms with van der Waals surface area (Å²) < 4.78 is 74.9. The van der Waals surface area contributed by atoms with E-state index in [0.717, 1.165) is 0 Å². The Balaban J connectivity index is 2.58. The third kappa shape index (κ3) is 3.68. The van der Waals surface area contributed by atoms with Crippen molar-refractivity contribution in [2.75, 3.05) is 5.75 Å². The number of ketones is 1. The molecular weight excluding hydrogens is 306 g/mol. The summed E-state index contributed by atoms with van der Waals surface area (Å²) in [5, 5.41) is 0. The van der Waals surface area contributed by atoms with E-state index in [1.807, 2.05) is 0 Å². The van der Waals surface area contributed by atoms with Crippen molar-refractivity contribution < 1.29 is 31.1 Å². The number of benzene rings is 1. The van der Waals surface area contributed by atoms with Gasteiger partial charge in [0.25, 0.3) is 0 Å². The maximum atomic E-state index is 13.0. The van der Waals surface area contributed by atoms with Gasteiger partial charge in [-0.1, -0.05) is 30.3 Å². The summed E-state index contributed by atoms with van der Waals surface area (Å²) in [6.07, 6.45) is -4.60. The summed E-state index contributed by atoms with van der Waals surface area (Å²) in [6.45, 7) is 0. The highest BCUT2D eigenvalue weighted by molar-refractivity contribution is 7.99. The fraction of sp³-hybridized carbons (Fsp3) is 0.417. The summed E-state index contributed by atoms with van der Waals surface area (Å²) in [5.41, 5.74) is 0.703.